The van der Waals surface area contributed by atoms with Crippen molar-refractivity contribution < 1.29 is 9.47 Å². The SMILES string of the molecule is C=Cc1ccc([SiH2]C(OC)OC)cc1.[SiH4]. The maximum atomic E-state index is 5.18. The van der Waals surface area contributed by atoms with Crippen molar-refractivity contribution in [3.63, 3.8) is 0 Å². The number of rotatable bonds is 5. The van der Waals surface area contributed by atoms with Gasteiger partial charge in [0.2, 0.25) is 0 Å². The minimum absolute atomic E-state index is 0. The van der Waals surface area contributed by atoms with Crippen LogP contribution in [0.1, 0.15) is 5.56 Å². The van der Waals surface area contributed by atoms with Gasteiger partial charge in [0, 0.05) is 14.2 Å². The van der Waals surface area contributed by atoms with Crippen molar-refractivity contribution >= 4 is 31.7 Å². The van der Waals surface area contributed by atoms with E-state index in [1.807, 2.05) is 6.08 Å². The van der Waals surface area contributed by atoms with Crippen molar-refractivity contribution in [1.82, 2.24) is 0 Å². The third kappa shape index (κ3) is 4.57. The summed E-state index contributed by atoms with van der Waals surface area (Å²) in [5, 5.41) is 1.34. The minimum Gasteiger partial charge on any atom is -0.360 e. The summed E-state index contributed by atoms with van der Waals surface area (Å²) < 4.78 is 10.4. The van der Waals surface area contributed by atoms with Crippen LogP contribution in [-0.4, -0.2) is 40.6 Å². The van der Waals surface area contributed by atoms with Crippen molar-refractivity contribution in [2.45, 2.75) is 5.91 Å². The third-order valence-corrected chi connectivity index (χ3v) is 4.09. The Labute approximate surface area is 98.1 Å². The summed E-state index contributed by atoms with van der Waals surface area (Å²) >= 11 is 0. The van der Waals surface area contributed by atoms with E-state index >= 15 is 0 Å². The van der Waals surface area contributed by atoms with Crippen LogP contribution in [0, 0.1) is 0 Å². The van der Waals surface area contributed by atoms with E-state index < -0.39 is 9.52 Å². The number of benzene rings is 1. The molecule has 4 heteroatoms. The molecule has 84 valence electrons. The summed E-state index contributed by atoms with van der Waals surface area (Å²) in [4.78, 5) is 0. The molecule has 1 aromatic rings. The summed E-state index contributed by atoms with van der Waals surface area (Å²) in [6, 6.07) is 8.37. The molecular formula is C11H20O2Si2. The van der Waals surface area contributed by atoms with E-state index in [0.717, 1.165) is 5.56 Å². The van der Waals surface area contributed by atoms with Gasteiger partial charge in [-0.05, 0) is 16.5 Å². The lowest BCUT2D eigenvalue weighted by Crippen LogP contribution is -2.30. The Morgan fingerprint density at radius 1 is 1.20 bits per heavy atom. The molecule has 0 N–H and O–H groups in total. The van der Waals surface area contributed by atoms with Crippen LogP contribution < -0.4 is 5.19 Å². The molecule has 0 saturated heterocycles. The van der Waals surface area contributed by atoms with Gasteiger partial charge in [-0.25, -0.2) is 0 Å². The number of methoxy groups -OCH3 is 2. The second kappa shape index (κ2) is 7.59. The van der Waals surface area contributed by atoms with Crippen molar-refractivity contribution in [3.05, 3.63) is 36.4 Å². The quantitative estimate of drug-likeness (QED) is 0.498. The van der Waals surface area contributed by atoms with Crippen LogP contribution in [0.2, 0.25) is 0 Å². The highest BCUT2D eigenvalue weighted by atomic mass is 28.2. The smallest absolute Gasteiger partial charge is 0.139 e. The van der Waals surface area contributed by atoms with Gasteiger partial charge in [0.1, 0.15) is 15.4 Å². The zero-order chi connectivity index (χ0) is 10.4. The molecule has 0 spiro atoms. The van der Waals surface area contributed by atoms with Crippen molar-refractivity contribution in [1.29, 1.82) is 0 Å². The van der Waals surface area contributed by atoms with E-state index in [2.05, 4.69) is 30.8 Å². The van der Waals surface area contributed by atoms with Crippen LogP contribution in [0.4, 0.5) is 0 Å². The van der Waals surface area contributed by atoms with Gasteiger partial charge in [0.15, 0.2) is 0 Å². The van der Waals surface area contributed by atoms with Crippen LogP contribution in [0.15, 0.2) is 30.8 Å². The second-order valence-electron chi connectivity index (χ2n) is 3.05. The predicted octanol–water partition coefficient (Wildman–Crippen LogP) is -0.752. The summed E-state index contributed by atoms with van der Waals surface area (Å²) in [7, 11) is 2.86. The fourth-order valence-electron chi connectivity index (χ4n) is 1.25. The fraction of sp³-hybridized carbons (Fsp3) is 0.273. The Morgan fingerprint density at radius 3 is 2.13 bits per heavy atom. The van der Waals surface area contributed by atoms with Crippen LogP contribution >= 0.6 is 0 Å². The molecule has 0 heterocycles. The van der Waals surface area contributed by atoms with Gasteiger partial charge in [0.05, 0.1) is 0 Å². The Kier molecular flexibility index (Phi) is 7.24. The third-order valence-electron chi connectivity index (χ3n) is 2.14. The van der Waals surface area contributed by atoms with E-state index in [4.69, 9.17) is 9.47 Å². The zero-order valence-corrected chi connectivity index (χ0v) is 10.1. The number of hydrogen-bond donors (Lipinski definition) is 0. The van der Waals surface area contributed by atoms with Gasteiger partial charge in [-0.3, -0.25) is 0 Å². The van der Waals surface area contributed by atoms with Gasteiger partial charge in [-0.2, -0.15) is 0 Å². The highest BCUT2D eigenvalue weighted by Gasteiger charge is 2.06. The molecule has 0 aromatic heterocycles. The molecule has 0 saturated carbocycles. The lowest BCUT2D eigenvalue weighted by molar-refractivity contribution is -0.0429. The van der Waals surface area contributed by atoms with E-state index in [9.17, 15) is 0 Å². The monoisotopic (exact) mass is 240 g/mol. The summed E-state index contributed by atoms with van der Waals surface area (Å²) in [5.41, 5.74) is 1.15. The number of hydrogen-bond acceptors (Lipinski definition) is 2. The lowest BCUT2D eigenvalue weighted by atomic mass is 10.2. The Hall–Kier alpha value is -0.686. The van der Waals surface area contributed by atoms with Crippen LogP contribution in [0.25, 0.3) is 6.08 Å². The van der Waals surface area contributed by atoms with Crippen LogP contribution in [0.3, 0.4) is 0 Å². The van der Waals surface area contributed by atoms with E-state index in [1.165, 1.54) is 5.19 Å². The molecule has 0 fully saturated rings. The second-order valence-corrected chi connectivity index (χ2v) is 4.94. The van der Waals surface area contributed by atoms with Crippen LogP contribution in [0.5, 0.6) is 0 Å². The average molecular weight is 240 g/mol. The van der Waals surface area contributed by atoms with Crippen molar-refractivity contribution in [2.75, 3.05) is 14.2 Å². The van der Waals surface area contributed by atoms with E-state index in [-0.39, 0.29) is 16.9 Å². The maximum Gasteiger partial charge on any atom is 0.139 e. The largest absolute Gasteiger partial charge is 0.360 e. The summed E-state index contributed by atoms with van der Waals surface area (Å²) in [6.45, 7) is 3.72. The molecule has 0 unspecified atom stereocenters. The molecule has 0 aliphatic heterocycles. The standard InChI is InChI=1S/C11H16O2Si.H4Si/c1-4-9-5-7-10(8-6-9)14-11(12-2)13-3;/h4-8,11H,1,14H2,2-3H3;1H4. The molecule has 1 rings (SSSR count). The first kappa shape index (κ1) is 14.3. The lowest BCUT2D eigenvalue weighted by Gasteiger charge is -2.12. The molecule has 0 radical (unpaired) electrons. The maximum absolute atomic E-state index is 5.18. The average Bonchev–Trinajstić information content (AvgIpc) is 2.26. The molecule has 0 amide bonds. The first-order valence-electron chi connectivity index (χ1n) is 4.57. The predicted molar refractivity (Wildman–Crippen MR) is 73.9 cm³/mol. The Balaban J connectivity index is 0.00000196. The normalized spacial score (nSPS) is 10.6. The minimum atomic E-state index is -0.500. The first-order chi connectivity index (χ1) is 6.80. The van der Waals surface area contributed by atoms with Gasteiger partial charge in [-0.1, -0.05) is 42.1 Å². The molecule has 0 aliphatic carbocycles. The molecule has 0 atom stereocenters. The van der Waals surface area contributed by atoms with Crippen molar-refractivity contribution in [3.8, 4) is 0 Å². The highest BCUT2D eigenvalue weighted by Crippen LogP contribution is 1.98. The van der Waals surface area contributed by atoms with Gasteiger partial charge < -0.3 is 9.47 Å². The molecular weight excluding hydrogens is 220 g/mol. The first-order valence-corrected chi connectivity index (χ1v) is 6.09. The molecule has 2 nitrogen and oxygen atoms in total. The fourth-order valence-corrected chi connectivity index (χ4v) is 2.47. The Bertz CT molecular complexity index is 281. The Morgan fingerprint density at radius 2 is 1.73 bits per heavy atom. The topological polar surface area (TPSA) is 18.5 Å². The van der Waals surface area contributed by atoms with Gasteiger partial charge in [-0.15, -0.1) is 0 Å². The molecule has 0 bridgehead atoms. The van der Waals surface area contributed by atoms with Crippen molar-refractivity contribution in [2.24, 2.45) is 0 Å². The molecule has 0 aliphatic rings. The molecule has 1 aromatic carbocycles. The van der Waals surface area contributed by atoms with Crippen LogP contribution in [-0.2, 0) is 9.47 Å². The number of ether oxygens (including phenoxy) is 2. The molecule has 15 heavy (non-hydrogen) atoms. The van der Waals surface area contributed by atoms with E-state index in [0.29, 0.717) is 0 Å². The van der Waals surface area contributed by atoms with Gasteiger partial charge in [0.25, 0.3) is 0 Å². The van der Waals surface area contributed by atoms with E-state index in [1.54, 1.807) is 14.2 Å². The summed E-state index contributed by atoms with van der Waals surface area (Å²) in [5.74, 6) is -0.0235. The summed E-state index contributed by atoms with van der Waals surface area (Å²) in [6.07, 6.45) is 1.84. The highest BCUT2D eigenvalue weighted by molar-refractivity contribution is 6.54. The zero-order valence-electron chi connectivity index (χ0n) is 8.69. The van der Waals surface area contributed by atoms with Gasteiger partial charge >= 0.3 is 0 Å².